The topological polar surface area (TPSA) is 24.9 Å². The molecule has 4 nitrogen and oxygen atoms in total. The van der Waals surface area contributed by atoms with E-state index in [-0.39, 0.29) is 5.60 Å². The minimum absolute atomic E-state index is 0.0713. The van der Waals surface area contributed by atoms with Gasteiger partial charge in [-0.2, -0.15) is 0 Å². The van der Waals surface area contributed by atoms with Crippen LogP contribution in [0, 0.1) is 0 Å². The fourth-order valence-electron chi connectivity index (χ4n) is 4.24. The summed E-state index contributed by atoms with van der Waals surface area (Å²) in [5.41, 5.74) is -0.0713. The zero-order chi connectivity index (χ0) is 15.5. The van der Waals surface area contributed by atoms with Gasteiger partial charge in [-0.15, -0.1) is 11.3 Å². The Morgan fingerprint density at radius 3 is 2.96 bits per heavy atom. The van der Waals surface area contributed by atoms with Gasteiger partial charge < -0.3 is 14.4 Å². The molecule has 0 radical (unpaired) electrons. The molecule has 0 amide bonds. The fraction of sp³-hybridized carbons (Fsp3) is 0.778. The van der Waals surface area contributed by atoms with E-state index in [2.05, 4.69) is 27.3 Å². The van der Waals surface area contributed by atoms with E-state index in [9.17, 15) is 0 Å². The van der Waals surface area contributed by atoms with Crippen molar-refractivity contribution >= 4 is 11.3 Å². The summed E-state index contributed by atoms with van der Waals surface area (Å²) in [6.45, 7) is 8.29. The normalized spacial score (nSPS) is 33.5. The molecule has 0 bridgehead atoms. The summed E-state index contributed by atoms with van der Waals surface area (Å²) in [5.74, 6) is 0. The molecule has 3 fully saturated rings. The molecule has 3 saturated heterocycles. The quantitative estimate of drug-likeness (QED) is 0.844. The Balaban J connectivity index is 1.36. The number of hydrogen-bond donors (Lipinski definition) is 0. The van der Waals surface area contributed by atoms with Crippen LogP contribution in [0.5, 0.6) is 0 Å². The third-order valence-electron chi connectivity index (χ3n) is 5.39. The van der Waals surface area contributed by atoms with E-state index in [1.165, 1.54) is 37.2 Å². The summed E-state index contributed by atoms with van der Waals surface area (Å²) < 4.78 is 12.5. The van der Waals surface area contributed by atoms with Crippen molar-refractivity contribution in [1.82, 2.24) is 9.80 Å². The lowest BCUT2D eigenvalue weighted by Crippen LogP contribution is -2.45. The van der Waals surface area contributed by atoms with Crippen LogP contribution in [0.2, 0.25) is 0 Å². The highest BCUT2D eigenvalue weighted by Crippen LogP contribution is 2.34. The second-order valence-corrected chi connectivity index (χ2v) is 8.34. The van der Waals surface area contributed by atoms with Crippen LogP contribution >= 0.6 is 11.3 Å². The molecule has 0 N–H and O–H groups in total. The molecule has 0 aliphatic carbocycles. The molecule has 23 heavy (non-hydrogen) atoms. The summed E-state index contributed by atoms with van der Waals surface area (Å²) in [5, 5.41) is 2.16. The van der Waals surface area contributed by atoms with Crippen LogP contribution < -0.4 is 0 Å². The van der Waals surface area contributed by atoms with Crippen molar-refractivity contribution in [3.63, 3.8) is 0 Å². The maximum absolute atomic E-state index is 6.58. The molecule has 4 rings (SSSR count). The maximum Gasteiger partial charge on any atom is 0.105 e. The zero-order valence-corrected chi connectivity index (χ0v) is 14.7. The first-order chi connectivity index (χ1) is 11.3. The van der Waals surface area contributed by atoms with Gasteiger partial charge in [0, 0.05) is 31.1 Å². The molecular formula is C18H28N2O2S. The fourth-order valence-corrected chi connectivity index (χ4v) is 4.99. The summed E-state index contributed by atoms with van der Waals surface area (Å²) in [6, 6.07) is 4.37. The highest BCUT2D eigenvalue weighted by molar-refractivity contribution is 7.09. The van der Waals surface area contributed by atoms with Crippen LogP contribution in [0.4, 0.5) is 0 Å². The summed E-state index contributed by atoms with van der Waals surface area (Å²) >= 11 is 1.85. The molecule has 2 atom stereocenters. The summed E-state index contributed by atoms with van der Waals surface area (Å²) in [6.07, 6.45) is 5.45. The lowest BCUT2D eigenvalue weighted by Gasteiger charge is -2.32. The van der Waals surface area contributed by atoms with Gasteiger partial charge in [-0.3, -0.25) is 4.90 Å². The third kappa shape index (κ3) is 3.97. The van der Waals surface area contributed by atoms with Crippen molar-refractivity contribution in [1.29, 1.82) is 0 Å². The van der Waals surface area contributed by atoms with Crippen LogP contribution in [-0.2, 0) is 16.0 Å². The molecule has 0 saturated carbocycles. The van der Waals surface area contributed by atoms with Gasteiger partial charge in [0.1, 0.15) is 5.60 Å². The van der Waals surface area contributed by atoms with Gasteiger partial charge in [0.15, 0.2) is 0 Å². The van der Waals surface area contributed by atoms with E-state index < -0.39 is 0 Å². The minimum atomic E-state index is -0.0713. The molecule has 1 spiro atoms. The van der Waals surface area contributed by atoms with Crippen molar-refractivity contribution in [2.24, 2.45) is 0 Å². The van der Waals surface area contributed by atoms with Gasteiger partial charge in [-0.25, -0.2) is 0 Å². The van der Waals surface area contributed by atoms with E-state index in [0.29, 0.717) is 6.10 Å². The molecule has 1 aromatic rings. The lowest BCUT2D eigenvalue weighted by atomic mass is 10.00. The largest absolute Gasteiger partial charge is 0.377 e. The predicted molar refractivity (Wildman–Crippen MR) is 92.9 cm³/mol. The number of likely N-dealkylation sites (tertiary alicyclic amines) is 1. The predicted octanol–water partition coefficient (Wildman–Crippen LogP) is 2.59. The van der Waals surface area contributed by atoms with Gasteiger partial charge in [-0.1, -0.05) is 6.07 Å². The first kappa shape index (κ1) is 16.0. The van der Waals surface area contributed by atoms with Gasteiger partial charge in [0.05, 0.1) is 19.3 Å². The molecular weight excluding hydrogens is 308 g/mol. The first-order valence-electron chi connectivity index (χ1n) is 9.04. The number of nitrogens with zero attached hydrogens (tertiary/aromatic N) is 2. The lowest BCUT2D eigenvalue weighted by molar-refractivity contribution is -0.0913. The maximum atomic E-state index is 6.58. The second-order valence-electron chi connectivity index (χ2n) is 7.31. The van der Waals surface area contributed by atoms with Gasteiger partial charge in [0.2, 0.25) is 0 Å². The Bertz CT molecular complexity index is 489. The Morgan fingerprint density at radius 2 is 2.13 bits per heavy atom. The molecule has 0 aromatic carbocycles. The SMILES string of the molecule is c1csc(CN2CCOCC3(CCC(CN4CCCC4)O3)C2)c1. The van der Waals surface area contributed by atoms with Gasteiger partial charge in [0.25, 0.3) is 0 Å². The standard InChI is InChI=1S/C18H28N2O2S/c1-2-8-19(7-1)12-16-5-6-18(22-16)14-20(9-10-21-15-18)13-17-4-3-11-23-17/h3-4,11,16H,1-2,5-10,12-15H2. The average Bonchev–Trinajstić information content (AvgIpc) is 3.25. The monoisotopic (exact) mass is 336 g/mol. The van der Waals surface area contributed by atoms with E-state index in [1.807, 2.05) is 11.3 Å². The Morgan fingerprint density at radius 1 is 1.22 bits per heavy atom. The smallest absolute Gasteiger partial charge is 0.105 e. The molecule has 3 aliphatic rings. The van der Waals surface area contributed by atoms with Gasteiger partial charge >= 0.3 is 0 Å². The van der Waals surface area contributed by atoms with Crippen molar-refractivity contribution in [3.05, 3.63) is 22.4 Å². The van der Waals surface area contributed by atoms with E-state index >= 15 is 0 Å². The highest BCUT2D eigenvalue weighted by atomic mass is 32.1. The average molecular weight is 337 g/mol. The Labute approximate surface area is 143 Å². The van der Waals surface area contributed by atoms with Crippen LogP contribution in [0.25, 0.3) is 0 Å². The third-order valence-corrected chi connectivity index (χ3v) is 6.25. The number of rotatable bonds is 4. The molecule has 2 unspecified atom stereocenters. The molecule has 5 heteroatoms. The van der Waals surface area contributed by atoms with Crippen LogP contribution in [0.15, 0.2) is 17.5 Å². The van der Waals surface area contributed by atoms with Crippen molar-refractivity contribution in [3.8, 4) is 0 Å². The Kier molecular flexibility index (Phi) is 5.02. The molecule has 3 aliphatic heterocycles. The zero-order valence-electron chi connectivity index (χ0n) is 13.9. The van der Waals surface area contributed by atoms with Crippen LogP contribution in [0.1, 0.15) is 30.6 Å². The highest BCUT2D eigenvalue weighted by Gasteiger charge is 2.43. The van der Waals surface area contributed by atoms with Crippen LogP contribution in [-0.4, -0.2) is 67.4 Å². The van der Waals surface area contributed by atoms with Crippen molar-refractivity contribution < 1.29 is 9.47 Å². The van der Waals surface area contributed by atoms with Crippen molar-refractivity contribution in [2.45, 2.75) is 43.9 Å². The minimum Gasteiger partial charge on any atom is -0.377 e. The first-order valence-corrected chi connectivity index (χ1v) is 9.92. The number of thiophene rings is 1. The van der Waals surface area contributed by atoms with E-state index in [4.69, 9.17) is 9.47 Å². The summed E-state index contributed by atoms with van der Waals surface area (Å²) in [7, 11) is 0. The van der Waals surface area contributed by atoms with E-state index in [1.54, 1.807) is 0 Å². The van der Waals surface area contributed by atoms with Gasteiger partial charge in [-0.05, 0) is 50.2 Å². The van der Waals surface area contributed by atoms with E-state index in [0.717, 1.165) is 45.8 Å². The second kappa shape index (κ2) is 7.19. The Hall–Kier alpha value is -0.460. The molecule has 1 aromatic heterocycles. The summed E-state index contributed by atoms with van der Waals surface area (Å²) in [4.78, 5) is 6.54. The number of ether oxygens (including phenoxy) is 2. The number of hydrogen-bond acceptors (Lipinski definition) is 5. The molecule has 4 heterocycles. The molecule has 128 valence electrons. The van der Waals surface area contributed by atoms with Crippen molar-refractivity contribution in [2.75, 3.05) is 45.9 Å². The van der Waals surface area contributed by atoms with Crippen LogP contribution in [0.3, 0.4) is 0 Å².